The molecule has 2 heterocycles. The fraction of sp³-hybridized carbons (Fsp3) is 0.556. The Kier molecular flexibility index (Phi) is 3.06. The average Bonchev–Trinajstić information content (AvgIpc) is 2.21. The molecule has 1 nitrogen and oxygen atoms in total. The Hall–Kier alpha value is -0.0200. The summed E-state index contributed by atoms with van der Waals surface area (Å²) in [6.07, 6.45) is 4.92. The first kappa shape index (κ1) is 8.57. The molecule has 0 spiro atoms. The van der Waals surface area contributed by atoms with Gasteiger partial charge in [0, 0.05) is 18.0 Å². The van der Waals surface area contributed by atoms with E-state index in [1.807, 2.05) is 23.5 Å². The molecule has 1 atom stereocenters. The first-order valence-electron chi connectivity index (χ1n) is 4.33. The highest BCUT2D eigenvalue weighted by Crippen LogP contribution is 2.30. The monoisotopic (exact) mass is 199 g/mol. The molecule has 1 N–H and O–H groups in total. The van der Waals surface area contributed by atoms with Crippen LogP contribution in [0.15, 0.2) is 22.6 Å². The van der Waals surface area contributed by atoms with E-state index in [9.17, 15) is 0 Å². The van der Waals surface area contributed by atoms with E-state index in [0.29, 0.717) is 5.25 Å². The van der Waals surface area contributed by atoms with Gasteiger partial charge in [0.05, 0.1) is 5.25 Å². The molecule has 0 radical (unpaired) electrons. The van der Waals surface area contributed by atoms with Crippen molar-refractivity contribution in [3.63, 3.8) is 0 Å². The van der Waals surface area contributed by atoms with Gasteiger partial charge in [0.25, 0.3) is 0 Å². The summed E-state index contributed by atoms with van der Waals surface area (Å²) in [6.45, 7) is 1.16. The third kappa shape index (κ3) is 2.02. The lowest BCUT2D eigenvalue weighted by molar-refractivity contribution is 0.674. The third-order valence-corrected chi connectivity index (χ3v) is 4.34. The van der Waals surface area contributed by atoms with Crippen molar-refractivity contribution in [2.45, 2.75) is 18.1 Å². The second-order valence-corrected chi connectivity index (χ2v) is 5.01. The van der Waals surface area contributed by atoms with E-state index in [4.69, 9.17) is 0 Å². The summed E-state index contributed by atoms with van der Waals surface area (Å²) in [5.41, 5.74) is 1.46. The summed E-state index contributed by atoms with van der Waals surface area (Å²) >= 11 is 3.85. The number of rotatable bonds is 1. The lowest BCUT2D eigenvalue weighted by Gasteiger charge is -2.24. The highest BCUT2D eigenvalue weighted by Gasteiger charge is 2.16. The SMILES string of the molecule is C1=CSC(C2=CCCCN2)CS1. The molecule has 3 heteroatoms. The third-order valence-electron chi connectivity index (χ3n) is 2.06. The van der Waals surface area contributed by atoms with Crippen molar-refractivity contribution in [2.24, 2.45) is 0 Å². The van der Waals surface area contributed by atoms with E-state index < -0.39 is 0 Å². The topological polar surface area (TPSA) is 12.0 Å². The van der Waals surface area contributed by atoms with Crippen LogP contribution in [0.5, 0.6) is 0 Å². The average molecular weight is 199 g/mol. The van der Waals surface area contributed by atoms with Gasteiger partial charge in [-0.25, -0.2) is 0 Å². The Morgan fingerprint density at radius 1 is 1.42 bits per heavy atom. The Bertz CT molecular complexity index is 211. The van der Waals surface area contributed by atoms with E-state index in [1.54, 1.807) is 0 Å². The summed E-state index contributed by atoms with van der Waals surface area (Å²) < 4.78 is 0. The molecule has 1 unspecified atom stereocenters. The van der Waals surface area contributed by atoms with Gasteiger partial charge < -0.3 is 5.32 Å². The fourth-order valence-electron chi connectivity index (χ4n) is 1.42. The van der Waals surface area contributed by atoms with Crippen LogP contribution in [0.2, 0.25) is 0 Å². The Morgan fingerprint density at radius 2 is 2.42 bits per heavy atom. The van der Waals surface area contributed by atoms with E-state index in [0.717, 1.165) is 6.54 Å². The van der Waals surface area contributed by atoms with Crippen LogP contribution in [0.4, 0.5) is 0 Å². The van der Waals surface area contributed by atoms with Crippen LogP contribution in [0.3, 0.4) is 0 Å². The predicted molar refractivity (Wildman–Crippen MR) is 58.3 cm³/mol. The first-order valence-corrected chi connectivity index (χ1v) is 6.32. The van der Waals surface area contributed by atoms with Crippen LogP contribution in [0.25, 0.3) is 0 Å². The lowest BCUT2D eigenvalue weighted by Crippen LogP contribution is -2.27. The maximum atomic E-state index is 3.48. The maximum absolute atomic E-state index is 3.48. The molecule has 0 saturated heterocycles. The van der Waals surface area contributed by atoms with Crippen LogP contribution in [0, 0.1) is 0 Å². The van der Waals surface area contributed by atoms with E-state index in [1.165, 1.54) is 24.3 Å². The summed E-state index contributed by atoms with van der Waals surface area (Å²) in [5, 5.41) is 8.55. The van der Waals surface area contributed by atoms with Crippen molar-refractivity contribution in [3.8, 4) is 0 Å². The number of allylic oxidation sites excluding steroid dienone is 1. The quantitative estimate of drug-likeness (QED) is 0.697. The molecule has 0 fully saturated rings. The highest BCUT2D eigenvalue weighted by molar-refractivity contribution is 8.09. The second-order valence-electron chi connectivity index (χ2n) is 2.96. The lowest BCUT2D eigenvalue weighted by atomic mass is 10.1. The van der Waals surface area contributed by atoms with Crippen molar-refractivity contribution in [3.05, 3.63) is 22.6 Å². The zero-order chi connectivity index (χ0) is 8.23. The smallest absolute Gasteiger partial charge is 0.0576 e. The van der Waals surface area contributed by atoms with Gasteiger partial charge >= 0.3 is 0 Å². The van der Waals surface area contributed by atoms with Gasteiger partial charge in [-0.05, 0) is 23.7 Å². The van der Waals surface area contributed by atoms with Gasteiger partial charge in [-0.1, -0.05) is 6.08 Å². The van der Waals surface area contributed by atoms with E-state index >= 15 is 0 Å². The molecule has 0 bridgehead atoms. The Balaban J connectivity index is 1.98. The Morgan fingerprint density at radius 3 is 3.08 bits per heavy atom. The molecule has 2 aliphatic rings. The second kappa shape index (κ2) is 4.28. The van der Waals surface area contributed by atoms with Gasteiger partial charge in [0.1, 0.15) is 0 Å². The van der Waals surface area contributed by atoms with Gasteiger partial charge in [-0.15, -0.1) is 23.5 Å². The van der Waals surface area contributed by atoms with Crippen molar-refractivity contribution in [2.75, 3.05) is 12.3 Å². The molecule has 0 saturated carbocycles. The van der Waals surface area contributed by atoms with Crippen LogP contribution in [0.1, 0.15) is 12.8 Å². The molecule has 0 aromatic heterocycles. The summed E-state index contributed by atoms with van der Waals surface area (Å²) in [7, 11) is 0. The molecular formula is C9H13NS2. The number of hydrogen-bond donors (Lipinski definition) is 1. The van der Waals surface area contributed by atoms with Crippen molar-refractivity contribution >= 4 is 23.5 Å². The molecule has 12 heavy (non-hydrogen) atoms. The fourth-order valence-corrected chi connectivity index (χ4v) is 3.52. The molecule has 2 rings (SSSR count). The Labute approximate surface area is 82.1 Å². The zero-order valence-electron chi connectivity index (χ0n) is 6.95. The first-order chi connectivity index (χ1) is 5.97. The summed E-state index contributed by atoms with van der Waals surface area (Å²) in [6, 6.07) is 0. The van der Waals surface area contributed by atoms with Gasteiger partial charge in [-0.2, -0.15) is 0 Å². The van der Waals surface area contributed by atoms with E-state index in [-0.39, 0.29) is 0 Å². The number of hydrogen-bond acceptors (Lipinski definition) is 3. The van der Waals surface area contributed by atoms with E-state index in [2.05, 4.69) is 22.2 Å². The maximum Gasteiger partial charge on any atom is 0.0576 e. The molecule has 0 amide bonds. The summed E-state index contributed by atoms with van der Waals surface area (Å²) in [5.74, 6) is 1.22. The minimum atomic E-state index is 0.681. The molecule has 66 valence electrons. The van der Waals surface area contributed by atoms with Crippen molar-refractivity contribution in [1.29, 1.82) is 0 Å². The van der Waals surface area contributed by atoms with Crippen LogP contribution in [-0.4, -0.2) is 17.5 Å². The minimum absolute atomic E-state index is 0.681. The molecule has 0 aliphatic carbocycles. The number of thioether (sulfide) groups is 2. The minimum Gasteiger partial charge on any atom is -0.388 e. The highest BCUT2D eigenvalue weighted by atomic mass is 32.2. The van der Waals surface area contributed by atoms with Crippen molar-refractivity contribution in [1.82, 2.24) is 5.32 Å². The molecule has 2 aliphatic heterocycles. The van der Waals surface area contributed by atoms with Crippen LogP contribution in [-0.2, 0) is 0 Å². The largest absolute Gasteiger partial charge is 0.388 e. The van der Waals surface area contributed by atoms with Crippen LogP contribution < -0.4 is 5.32 Å². The summed E-state index contributed by atoms with van der Waals surface area (Å²) in [4.78, 5) is 0. The molecule has 0 aromatic rings. The van der Waals surface area contributed by atoms with Gasteiger partial charge in [0.2, 0.25) is 0 Å². The number of nitrogens with one attached hydrogen (secondary N) is 1. The van der Waals surface area contributed by atoms with Crippen molar-refractivity contribution < 1.29 is 0 Å². The normalized spacial score (nSPS) is 29.3. The molecule has 0 aromatic carbocycles. The van der Waals surface area contributed by atoms with Gasteiger partial charge in [-0.3, -0.25) is 0 Å². The zero-order valence-corrected chi connectivity index (χ0v) is 8.59. The molecular weight excluding hydrogens is 186 g/mol. The van der Waals surface area contributed by atoms with Gasteiger partial charge in [0.15, 0.2) is 0 Å². The van der Waals surface area contributed by atoms with Crippen LogP contribution >= 0.6 is 23.5 Å². The standard InChI is InChI=1S/C9H13NS2/c1-2-4-10-8(3-1)9-7-11-5-6-12-9/h3,5-6,9-10H,1-2,4,7H2. The predicted octanol–water partition coefficient (Wildman–Crippen LogP) is 2.57.